The number of benzene rings is 2. The third-order valence-electron chi connectivity index (χ3n) is 6.40. The van der Waals surface area contributed by atoms with Crippen LogP contribution < -0.4 is 5.32 Å². The number of anilines is 2. The maximum Gasteiger partial charge on any atom is 0.138 e. The van der Waals surface area contributed by atoms with Crippen LogP contribution >= 0.6 is 0 Å². The molecule has 7 heteroatoms. The van der Waals surface area contributed by atoms with E-state index in [1.807, 2.05) is 42.9 Å². The molecule has 7 nitrogen and oxygen atoms in total. The van der Waals surface area contributed by atoms with Crippen LogP contribution in [-0.4, -0.2) is 24.9 Å². The van der Waals surface area contributed by atoms with Crippen molar-refractivity contribution >= 4 is 33.3 Å². The molecule has 0 amide bonds. The second-order valence-corrected chi connectivity index (χ2v) is 8.56. The summed E-state index contributed by atoms with van der Waals surface area (Å²) in [6, 6.07) is 21.7. The Kier molecular flexibility index (Phi) is 5.32. The van der Waals surface area contributed by atoms with Crippen LogP contribution in [0.4, 0.5) is 11.5 Å². The highest BCUT2D eigenvalue weighted by Crippen LogP contribution is 2.33. The number of nitrogens with one attached hydrogen (secondary N) is 2. The SMILES string of the molecule is Cc1ccc2c(Nc3ccc(C#N)cc3)nccc2c1Cc1ncccc1-c1ncnc2cc[nH]c12. The summed E-state index contributed by atoms with van der Waals surface area (Å²) in [4.78, 5) is 21.6. The summed E-state index contributed by atoms with van der Waals surface area (Å²) in [5.74, 6) is 0.767. The summed E-state index contributed by atoms with van der Waals surface area (Å²) >= 11 is 0. The van der Waals surface area contributed by atoms with E-state index in [1.54, 1.807) is 18.5 Å². The molecular formula is C29H21N7. The Morgan fingerprint density at radius 1 is 0.889 bits per heavy atom. The lowest BCUT2D eigenvalue weighted by Gasteiger charge is -2.15. The van der Waals surface area contributed by atoms with Gasteiger partial charge < -0.3 is 10.3 Å². The van der Waals surface area contributed by atoms with Gasteiger partial charge in [-0.15, -0.1) is 0 Å². The van der Waals surface area contributed by atoms with Gasteiger partial charge in [0.25, 0.3) is 0 Å². The predicted molar refractivity (Wildman–Crippen MR) is 141 cm³/mol. The fourth-order valence-electron chi connectivity index (χ4n) is 4.56. The molecule has 4 aromatic heterocycles. The molecule has 4 heterocycles. The Balaban J connectivity index is 1.43. The number of aromatic amines is 1. The van der Waals surface area contributed by atoms with Gasteiger partial charge in [0.2, 0.25) is 0 Å². The minimum atomic E-state index is 0.621. The van der Waals surface area contributed by atoms with Gasteiger partial charge in [0.15, 0.2) is 0 Å². The maximum absolute atomic E-state index is 9.07. The molecule has 0 aliphatic carbocycles. The summed E-state index contributed by atoms with van der Waals surface area (Å²) < 4.78 is 0. The van der Waals surface area contributed by atoms with E-state index in [0.29, 0.717) is 12.0 Å². The number of aromatic nitrogens is 5. The van der Waals surface area contributed by atoms with Crippen molar-refractivity contribution in [3.8, 4) is 17.3 Å². The first-order valence-electron chi connectivity index (χ1n) is 11.6. The van der Waals surface area contributed by atoms with Crippen molar-refractivity contribution in [1.29, 1.82) is 5.26 Å². The molecular weight excluding hydrogens is 446 g/mol. The Bertz CT molecular complexity index is 1760. The molecule has 0 saturated heterocycles. The van der Waals surface area contributed by atoms with Gasteiger partial charge in [-0.1, -0.05) is 12.1 Å². The van der Waals surface area contributed by atoms with Gasteiger partial charge in [0.05, 0.1) is 34.1 Å². The minimum absolute atomic E-state index is 0.621. The van der Waals surface area contributed by atoms with Crippen LogP contribution in [0.1, 0.15) is 22.4 Å². The topological polar surface area (TPSA) is 103 Å². The number of H-pyrrole nitrogens is 1. The highest BCUT2D eigenvalue weighted by molar-refractivity contribution is 5.96. The number of hydrogen-bond acceptors (Lipinski definition) is 6. The van der Waals surface area contributed by atoms with Crippen molar-refractivity contribution < 1.29 is 0 Å². The summed E-state index contributed by atoms with van der Waals surface area (Å²) in [6.45, 7) is 2.12. The summed E-state index contributed by atoms with van der Waals surface area (Å²) in [5.41, 5.74) is 8.42. The van der Waals surface area contributed by atoms with Crippen LogP contribution in [-0.2, 0) is 6.42 Å². The molecule has 2 N–H and O–H groups in total. The van der Waals surface area contributed by atoms with Crippen molar-refractivity contribution in [3.05, 3.63) is 108 Å². The van der Waals surface area contributed by atoms with E-state index in [1.165, 1.54) is 11.1 Å². The average Bonchev–Trinajstić information content (AvgIpc) is 3.40. The molecule has 6 aromatic rings. The maximum atomic E-state index is 9.07. The van der Waals surface area contributed by atoms with E-state index in [-0.39, 0.29) is 0 Å². The van der Waals surface area contributed by atoms with Crippen LogP contribution in [0.25, 0.3) is 33.1 Å². The first kappa shape index (κ1) is 21.4. The highest BCUT2D eigenvalue weighted by atomic mass is 15.0. The quantitative estimate of drug-likeness (QED) is 0.318. The molecule has 36 heavy (non-hydrogen) atoms. The molecule has 2 aromatic carbocycles. The number of pyridine rings is 2. The minimum Gasteiger partial charge on any atom is -0.358 e. The zero-order chi connectivity index (χ0) is 24.5. The van der Waals surface area contributed by atoms with Gasteiger partial charge in [-0.3, -0.25) is 4.98 Å². The number of nitriles is 1. The van der Waals surface area contributed by atoms with Gasteiger partial charge in [-0.2, -0.15) is 5.26 Å². The van der Waals surface area contributed by atoms with Crippen molar-refractivity contribution in [2.45, 2.75) is 13.3 Å². The molecule has 0 saturated carbocycles. The van der Waals surface area contributed by atoms with Crippen LogP contribution in [0.2, 0.25) is 0 Å². The molecule has 0 aliphatic rings. The van der Waals surface area contributed by atoms with Crippen molar-refractivity contribution in [2.75, 3.05) is 5.32 Å². The standard InChI is InChI=1S/C29H21N7/c1-18-4-9-22-21(10-13-33-29(22)36-20-7-5-19(16-30)6-8-20)24(18)15-26-23(3-2-12-31-26)27-28-25(11-14-32-28)34-17-35-27/h2-14,17,32H,15H2,1H3,(H,33,36). The summed E-state index contributed by atoms with van der Waals surface area (Å²) in [6.07, 6.45) is 7.77. The molecule has 0 unspecified atom stereocenters. The predicted octanol–water partition coefficient (Wildman–Crippen LogP) is 6.08. The fraction of sp³-hybridized carbons (Fsp3) is 0.0690. The lowest BCUT2D eigenvalue weighted by Crippen LogP contribution is -2.02. The van der Waals surface area contributed by atoms with Crippen molar-refractivity contribution in [2.24, 2.45) is 0 Å². The van der Waals surface area contributed by atoms with E-state index in [4.69, 9.17) is 10.2 Å². The van der Waals surface area contributed by atoms with Crippen LogP contribution in [0.3, 0.4) is 0 Å². The lowest BCUT2D eigenvalue weighted by molar-refractivity contribution is 1.06. The normalized spacial score (nSPS) is 11.0. The van der Waals surface area contributed by atoms with Crippen molar-refractivity contribution in [1.82, 2.24) is 24.9 Å². The van der Waals surface area contributed by atoms with E-state index in [9.17, 15) is 0 Å². The van der Waals surface area contributed by atoms with Gasteiger partial charge >= 0.3 is 0 Å². The number of fused-ring (bicyclic) bond motifs is 2. The van der Waals surface area contributed by atoms with E-state index in [0.717, 1.165) is 50.3 Å². The first-order chi connectivity index (χ1) is 17.7. The molecule has 0 fully saturated rings. The Hall–Kier alpha value is -5.09. The largest absolute Gasteiger partial charge is 0.358 e. The Labute approximate surface area is 207 Å². The molecule has 0 radical (unpaired) electrons. The molecule has 0 spiro atoms. The van der Waals surface area contributed by atoms with Gasteiger partial charge in [0.1, 0.15) is 12.1 Å². The number of nitrogens with zero attached hydrogens (tertiary/aromatic N) is 5. The number of hydrogen-bond donors (Lipinski definition) is 2. The number of rotatable bonds is 5. The van der Waals surface area contributed by atoms with Crippen molar-refractivity contribution in [3.63, 3.8) is 0 Å². The molecule has 172 valence electrons. The first-order valence-corrected chi connectivity index (χ1v) is 11.6. The van der Waals surface area contributed by atoms with Gasteiger partial charge in [-0.25, -0.2) is 15.0 Å². The average molecular weight is 468 g/mol. The fourth-order valence-corrected chi connectivity index (χ4v) is 4.56. The molecule has 0 bridgehead atoms. The molecule has 0 atom stereocenters. The van der Waals surface area contributed by atoms with Crippen LogP contribution in [0.15, 0.2) is 85.6 Å². The monoisotopic (exact) mass is 467 g/mol. The van der Waals surface area contributed by atoms with Gasteiger partial charge in [0, 0.05) is 41.6 Å². The second kappa shape index (κ2) is 8.93. The third-order valence-corrected chi connectivity index (χ3v) is 6.40. The lowest BCUT2D eigenvalue weighted by atomic mass is 9.94. The van der Waals surface area contributed by atoms with E-state index < -0.39 is 0 Å². The smallest absolute Gasteiger partial charge is 0.138 e. The molecule has 6 rings (SSSR count). The number of aryl methyl sites for hydroxylation is 1. The zero-order valence-corrected chi connectivity index (χ0v) is 19.5. The van der Waals surface area contributed by atoms with E-state index >= 15 is 0 Å². The Morgan fingerprint density at radius 2 is 1.78 bits per heavy atom. The van der Waals surface area contributed by atoms with Gasteiger partial charge in [-0.05, 0) is 72.0 Å². The van der Waals surface area contributed by atoms with E-state index in [2.05, 4.69) is 62.5 Å². The summed E-state index contributed by atoms with van der Waals surface area (Å²) in [7, 11) is 0. The van der Waals surface area contributed by atoms with Crippen LogP contribution in [0, 0.1) is 18.3 Å². The highest BCUT2D eigenvalue weighted by Gasteiger charge is 2.16. The zero-order valence-electron chi connectivity index (χ0n) is 19.5. The Morgan fingerprint density at radius 3 is 2.64 bits per heavy atom. The summed E-state index contributed by atoms with van der Waals surface area (Å²) in [5, 5.41) is 14.6. The second-order valence-electron chi connectivity index (χ2n) is 8.56. The third kappa shape index (κ3) is 3.81. The van der Waals surface area contributed by atoms with Crippen LogP contribution in [0.5, 0.6) is 0 Å². The molecule has 0 aliphatic heterocycles.